The molecule has 0 saturated carbocycles. The van der Waals surface area contributed by atoms with E-state index in [9.17, 15) is 18.0 Å². The number of benzene rings is 3. The lowest BCUT2D eigenvalue weighted by Crippen LogP contribution is -2.53. The third kappa shape index (κ3) is 6.75. The van der Waals surface area contributed by atoms with Crippen LogP contribution >= 0.6 is 11.6 Å². The third-order valence-electron chi connectivity index (χ3n) is 5.54. The van der Waals surface area contributed by atoms with Crippen molar-refractivity contribution in [1.29, 1.82) is 0 Å². The van der Waals surface area contributed by atoms with Gasteiger partial charge in [0.2, 0.25) is 5.91 Å². The number of carbonyl (C=O) groups is 2. The molecule has 3 amide bonds. The van der Waals surface area contributed by atoms with Crippen LogP contribution in [0.15, 0.2) is 91.1 Å². The summed E-state index contributed by atoms with van der Waals surface area (Å²) in [6, 6.07) is 22.2. The van der Waals surface area contributed by atoms with Gasteiger partial charge in [-0.15, -0.1) is 0 Å². The first-order valence-corrected chi connectivity index (χ1v) is 13.1. The van der Waals surface area contributed by atoms with E-state index >= 15 is 0 Å². The number of urea groups is 1. The zero-order chi connectivity index (χ0) is 26.4. The highest BCUT2D eigenvalue weighted by molar-refractivity contribution is 7.91. The van der Waals surface area contributed by atoms with Crippen LogP contribution in [0.3, 0.4) is 0 Å². The van der Waals surface area contributed by atoms with Gasteiger partial charge in [-0.1, -0.05) is 60.1 Å². The summed E-state index contributed by atoms with van der Waals surface area (Å²) in [6.45, 7) is 0. The summed E-state index contributed by atoms with van der Waals surface area (Å²) in [4.78, 5) is 31.9. The number of fused-ring (bicyclic) bond motifs is 1. The standard InChI is InChI=1S/C26H24ClN5O4S/c1-32(20-13-14-22-19(17-20)10-7-15-28-22)25(33)24(16-18-8-3-2-4-9-18)29-26(34)31-37(35,36)30-23-12-6-5-11-21(23)27/h2-15,17,24,30H,16H2,1H3,(H2,29,31,34)/t24-/m0/s1. The Labute approximate surface area is 219 Å². The lowest BCUT2D eigenvalue weighted by atomic mass is 10.0. The van der Waals surface area contributed by atoms with E-state index in [2.05, 4.69) is 15.0 Å². The zero-order valence-electron chi connectivity index (χ0n) is 19.8. The molecular weight excluding hydrogens is 514 g/mol. The van der Waals surface area contributed by atoms with E-state index in [1.807, 2.05) is 47.2 Å². The first kappa shape index (κ1) is 25.9. The van der Waals surface area contributed by atoms with Crippen molar-refractivity contribution in [3.63, 3.8) is 0 Å². The second-order valence-electron chi connectivity index (χ2n) is 8.18. The second-order valence-corrected chi connectivity index (χ2v) is 10.0. The van der Waals surface area contributed by atoms with Gasteiger partial charge in [-0.2, -0.15) is 8.42 Å². The van der Waals surface area contributed by atoms with Crippen LogP contribution in [0.1, 0.15) is 5.56 Å². The summed E-state index contributed by atoms with van der Waals surface area (Å²) in [5, 5.41) is 3.52. The third-order valence-corrected chi connectivity index (χ3v) is 6.81. The van der Waals surface area contributed by atoms with Crippen LogP contribution in [0.2, 0.25) is 5.02 Å². The van der Waals surface area contributed by atoms with Gasteiger partial charge in [0.25, 0.3) is 0 Å². The molecule has 0 radical (unpaired) electrons. The van der Waals surface area contributed by atoms with Crippen molar-refractivity contribution in [3.8, 4) is 0 Å². The number of carbonyl (C=O) groups excluding carboxylic acids is 2. The molecule has 3 aromatic carbocycles. The predicted molar refractivity (Wildman–Crippen MR) is 145 cm³/mol. The minimum absolute atomic E-state index is 0.104. The molecule has 0 aliphatic heterocycles. The second kappa shape index (κ2) is 11.3. The van der Waals surface area contributed by atoms with Crippen molar-refractivity contribution < 1.29 is 18.0 Å². The van der Waals surface area contributed by atoms with Crippen LogP contribution in [0, 0.1) is 0 Å². The van der Waals surface area contributed by atoms with Gasteiger partial charge in [-0.3, -0.25) is 14.5 Å². The molecule has 0 fully saturated rings. The van der Waals surface area contributed by atoms with Gasteiger partial charge in [0.05, 0.1) is 16.2 Å². The van der Waals surface area contributed by atoms with Crippen molar-refractivity contribution in [2.75, 3.05) is 16.7 Å². The summed E-state index contributed by atoms with van der Waals surface area (Å²) < 4.78 is 29.1. The summed E-state index contributed by atoms with van der Waals surface area (Å²) in [5.74, 6) is -0.432. The molecule has 4 aromatic rings. The predicted octanol–water partition coefficient (Wildman–Crippen LogP) is 4.12. The minimum atomic E-state index is -4.33. The molecule has 4 rings (SSSR count). The number of halogens is 1. The van der Waals surface area contributed by atoms with Crippen molar-refractivity contribution in [2.45, 2.75) is 12.5 Å². The highest BCUT2D eigenvalue weighted by Crippen LogP contribution is 2.22. The maximum absolute atomic E-state index is 13.5. The summed E-state index contributed by atoms with van der Waals surface area (Å²) in [7, 11) is -2.74. The first-order chi connectivity index (χ1) is 17.7. The minimum Gasteiger partial charge on any atom is -0.325 e. The Morgan fingerprint density at radius 2 is 1.70 bits per heavy atom. The average Bonchev–Trinajstić information content (AvgIpc) is 2.88. The Morgan fingerprint density at radius 3 is 2.46 bits per heavy atom. The molecule has 0 bridgehead atoms. The number of pyridine rings is 1. The maximum Gasteiger partial charge on any atom is 0.330 e. The molecule has 3 N–H and O–H groups in total. The van der Waals surface area contributed by atoms with E-state index in [1.165, 1.54) is 17.0 Å². The largest absolute Gasteiger partial charge is 0.330 e. The topological polar surface area (TPSA) is 121 Å². The summed E-state index contributed by atoms with van der Waals surface area (Å²) >= 11 is 6.00. The van der Waals surface area contributed by atoms with Crippen molar-refractivity contribution >= 4 is 56.0 Å². The quantitative estimate of drug-likeness (QED) is 0.312. The average molecular weight is 538 g/mol. The molecule has 1 aromatic heterocycles. The molecule has 11 heteroatoms. The number of hydrogen-bond acceptors (Lipinski definition) is 5. The molecule has 1 atom stereocenters. The number of hydrogen-bond donors (Lipinski definition) is 3. The molecule has 0 aliphatic rings. The number of nitrogens with zero attached hydrogens (tertiary/aromatic N) is 2. The number of rotatable bonds is 8. The number of likely N-dealkylation sites (N-methyl/N-ethyl adjacent to an activating group) is 1. The van der Waals surface area contributed by atoms with Gasteiger partial charge in [0, 0.05) is 30.7 Å². The number of anilines is 2. The lowest BCUT2D eigenvalue weighted by molar-refractivity contribution is -0.120. The van der Waals surface area contributed by atoms with Crippen LogP contribution < -0.4 is 19.7 Å². The number of nitrogens with one attached hydrogen (secondary N) is 3. The SMILES string of the molecule is CN(C(=O)[C@H](Cc1ccccc1)NC(=O)NS(=O)(=O)Nc1ccccc1Cl)c1ccc2ncccc2c1. The van der Waals surface area contributed by atoms with E-state index in [4.69, 9.17) is 11.6 Å². The number of para-hydroxylation sites is 1. The Bertz CT molecular complexity index is 1530. The van der Waals surface area contributed by atoms with Crippen LogP contribution in [0.5, 0.6) is 0 Å². The van der Waals surface area contributed by atoms with E-state index in [0.29, 0.717) is 5.69 Å². The van der Waals surface area contributed by atoms with E-state index in [1.54, 1.807) is 43.6 Å². The van der Waals surface area contributed by atoms with E-state index in [0.717, 1.165) is 16.5 Å². The van der Waals surface area contributed by atoms with Gasteiger partial charge in [0.1, 0.15) is 6.04 Å². The monoisotopic (exact) mass is 537 g/mol. The Hall–Kier alpha value is -4.15. The lowest BCUT2D eigenvalue weighted by Gasteiger charge is -2.25. The fraction of sp³-hybridized carbons (Fsp3) is 0.115. The Morgan fingerprint density at radius 1 is 0.973 bits per heavy atom. The van der Waals surface area contributed by atoms with Gasteiger partial charge in [-0.25, -0.2) is 9.52 Å². The van der Waals surface area contributed by atoms with Crippen molar-refractivity contribution in [2.24, 2.45) is 0 Å². The van der Waals surface area contributed by atoms with Crippen LogP contribution in [-0.2, 0) is 21.4 Å². The highest BCUT2D eigenvalue weighted by Gasteiger charge is 2.27. The van der Waals surface area contributed by atoms with Gasteiger partial charge < -0.3 is 10.2 Å². The fourth-order valence-electron chi connectivity index (χ4n) is 3.71. The summed E-state index contributed by atoms with van der Waals surface area (Å²) in [5.41, 5.74) is 2.27. The maximum atomic E-state index is 13.5. The smallest absolute Gasteiger partial charge is 0.325 e. The first-order valence-electron chi connectivity index (χ1n) is 11.2. The fourth-order valence-corrected chi connectivity index (χ4v) is 4.77. The molecule has 1 heterocycles. The Kier molecular flexibility index (Phi) is 7.90. The molecule has 190 valence electrons. The molecule has 0 saturated heterocycles. The number of amides is 3. The van der Waals surface area contributed by atoms with Gasteiger partial charge >= 0.3 is 16.2 Å². The van der Waals surface area contributed by atoms with Crippen molar-refractivity contribution in [3.05, 3.63) is 102 Å². The van der Waals surface area contributed by atoms with Crippen LogP contribution in [-0.4, -0.2) is 38.4 Å². The molecule has 37 heavy (non-hydrogen) atoms. The number of aromatic nitrogens is 1. The molecule has 0 unspecified atom stereocenters. The Balaban J connectivity index is 1.53. The van der Waals surface area contributed by atoms with Crippen LogP contribution in [0.25, 0.3) is 10.9 Å². The van der Waals surface area contributed by atoms with Gasteiger partial charge in [0.15, 0.2) is 0 Å². The molecule has 0 aliphatic carbocycles. The summed E-state index contributed by atoms with van der Waals surface area (Å²) in [6.07, 6.45) is 1.83. The van der Waals surface area contributed by atoms with Gasteiger partial charge in [-0.05, 0) is 42.0 Å². The highest BCUT2D eigenvalue weighted by atomic mass is 35.5. The van der Waals surface area contributed by atoms with E-state index < -0.39 is 28.2 Å². The van der Waals surface area contributed by atoms with E-state index in [-0.39, 0.29) is 17.1 Å². The van der Waals surface area contributed by atoms with Crippen LogP contribution in [0.4, 0.5) is 16.2 Å². The normalized spacial score (nSPS) is 11.9. The zero-order valence-corrected chi connectivity index (χ0v) is 21.3. The molecular formula is C26H24ClN5O4S. The molecule has 0 spiro atoms. The molecule has 9 nitrogen and oxygen atoms in total. The van der Waals surface area contributed by atoms with Crippen molar-refractivity contribution in [1.82, 2.24) is 15.0 Å².